The van der Waals surface area contributed by atoms with E-state index in [-0.39, 0.29) is 0 Å². The molecule has 1 fully saturated rings. The summed E-state index contributed by atoms with van der Waals surface area (Å²) in [7, 11) is 0. The average molecular weight is 312 g/mol. The fourth-order valence-corrected chi connectivity index (χ4v) is 3.69. The van der Waals surface area contributed by atoms with E-state index in [0.29, 0.717) is 6.61 Å². The first-order valence-electron chi connectivity index (χ1n) is 10.2. The predicted molar refractivity (Wildman–Crippen MR) is 97.3 cm³/mol. The van der Waals surface area contributed by atoms with Crippen molar-refractivity contribution in [2.75, 3.05) is 26.2 Å². The van der Waals surface area contributed by atoms with Crippen LogP contribution in [0.15, 0.2) is 0 Å². The van der Waals surface area contributed by atoms with E-state index in [1.807, 2.05) is 0 Å². The summed E-state index contributed by atoms with van der Waals surface area (Å²) in [6.07, 6.45) is 19.3. The lowest BCUT2D eigenvalue weighted by Crippen LogP contribution is -2.34. The van der Waals surface area contributed by atoms with Gasteiger partial charge in [-0.1, -0.05) is 64.7 Å². The summed E-state index contributed by atoms with van der Waals surface area (Å²) in [5.41, 5.74) is 0. The van der Waals surface area contributed by atoms with Crippen LogP contribution in [0.3, 0.4) is 0 Å². The molecule has 1 N–H and O–H groups in total. The zero-order valence-corrected chi connectivity index (χ0v) is 15.2. The zero-order chi connectivity index (χ0) is 15.9. The van der Waals surface area contributed by atoms with Gasteiger partial charge in [0, 0.05) is 6.61 Å². The molecule has 0 aromatic carbocycles. The number of rotatable bonds is 14. The van der Waals surface area contributed by atoms with Gasteiger partial charge in [0.2, 0.25) is 0 Å². The maximum absolute atomic E-state index is 8.80. The maximum Gasteiger partial charge on any atom is 0.0431 e. The van der Waals surface area contributed by atoms with E-state index in [2.05, 4.69) is 11.8 Å². The van der Waals surface area contributed by atoms with Crippen molar-refractivity contribution in [3.05, 3.63) is 0 Å². The normalized spacial score (nSPS) is 17.2. The van der Waals surface area contributed by atoms with Crippen molar-refractivity contribution in [2.24, 2.45) is 5.92 Å². The Morgan fingerprint density at radius 3 is 2.00 bits per heavy atom. The number of unbranched alkanes of at least 4 members (excludes halogenated alkanes) is 9. The SMILES string of the molecule is CCCCCCCCCCC1CCN(CCCCCO)CC1. The Bertz CT molecular complexity index is 224. The monoisotopic (exact) mass is 311 g/mol. The van der Waals surface area contributed by atoms with Crippen molar-refractivity contribution >= 4 is 0 Å². The summed E-state index contributed by atoms with van der Waals surface area (Å²) >= 11 is 0. The first-order chi connectivity index (χ1) is 10.9. The molecule has 132 valence electrons. The number of aliphatic hydroxyl groups excluding tert-OH is 1. The number of nitrogens with zero attached hydrogens (tertiary/aromatic N) is 1. The van der Waals surface area contributed by atoms with Gasteiger partial charge in [-0.3, -0.25) is 0 Å². The van der Waals surface area contributed by atoms with Gasteiger partial charge in [0.1, 0.15) is 0 Å². The molecule has 1 aliphatic heterocycles. The quantitative estimate of drug-likeness (QED) is 0.435. The van der Waals surface area contributed by atoms with Gasteiger partial charge in [0.15, 0.2) is 0 Å². The van der Waals surface area contributed by atoms with Crippen LogP contribution in [0, 0.1) is 5.92 Å². The predicted octanol–water partition coefficient (Wildman–Crippen LogP) is 5.39. The van der Waals surface area contributed by atoms with Gasteiger partial charge < -0.3 is 10.0 Å². The van der Waals surface area contributed by atoms with Crippen molar-refractivity contribution in [3.63, 3.8) is 0 Å². The minimum Gasteiger partial charge on any atom is -0.396 e. The summed E-state index contributed by atoms with van der Waals surface area (Å²) in [5.74, 6) is 1.01. The second-order valence-electron chi connectivity index (χ2n) is 7.33. The third kappa shape index (κ3) is 10.6. The molecule has 0 unspecified atom stereocenters. The Kier molecular flexibility index (Phi) is 13.2. The molecule has 0 radical (unpaired) electrons. The van der Waals surface area contributed by atoms with Crippen LogP contribution in [0.4, 0.5) is 0 Å². The van der Waals surface area contributed by atoms with Gasteiger partial charge in [-0.05, 0) is 57.7 Å². The number of likely N-dealkylation sites (tertiary alicyclic amines) is 1. The first kappa shape index (κ1) is 20.0. The molecule has 0 aromatic heterocycles. The van der Waals surface area contributed by atoms with Crippen LogP contribution in [0.1, 0.15) is 96.8 Å². The third-order valence-electron chi connectivity index (χ3n) is 5.31. The van der Waals surface area contributed by atoms with Crippen LogP contribution in [-0.2, 0) is 0 Å². The largest absolute Gasteiger partial charge is 0.396 e. The second kappa shape index (κ2) is 14.5. The molecule has 0 saturated carbocycles. The number of aliphatic hydroxyl groups is 1. The number of hydrogen-bond acceptors (Lipinski definition) is 2. The number of hydrogen-bond donors (Lipinski definition) is 1. The van der Waals surface area contributed by atoms with Crippen LogP contribution in [0.25, 0.3) is 0 Å². The second-order valence-corrected chi connectivity index (χ2v) is 7.33. The van der Waals surface area contributed by atoms with Gasteiger partial charge in [-0.2, -0.15) is 0 Å². The standard InChI is InChI=1S/C20H41NO/c1-2-3-4-5-6-7-8-10-13-20-14-17-21(18-15-20)16-11-9-12-19-22/h20,22H,2-19H2,1H3. The molecule has 1 rings (SSSR count). The molecular formula is C20H41NO. The van der Waals surface area contributed by atoms with Crippen LogP contribution in [0.5, 0.6) is 0 Å². The van der Waals surface area contributed by atoms with Crippen LogP contribution in [0.2, 0.25) is 0 Å². The molecule has 0 bridgehead atoms. The minimum absolute atomic E-state index is 0.362. The van der Waals surface area contributed by atoms with E-state index in [0.717, 1.165) is 12.3 Å². The minimum atomic E-state index is 0.362. The lowest BCUT2D eigenvalue weighted by atomic mass is 9.91. The molecule has 0 atom stereocenters. The summed E-state index contributed by atoms with van der Waals surface area (Å²) in [4.78, 5) is 2.64. The summed E-state index contributed by atoms with van der Waals surface area (Å²) < 4.78 is 0. The third-order valence-corrected chi connectivity index (χ3v) is 5.31. The van der Waals surface area contributed by atoms with Gasteiger partial charge in [0.25, 0.3) is 0 Å². The molecule has 1 saturated heterocycles. The van der Waals surface area contributed by atoms with Crippen molar-refractivity contribution in [3.8, 4) is 0 Å². The van der Waals surface area contributed by atoms with E-state index < -0.39 is 0 Å². The highest BCUT2D eigenvalue weighted by atomic mass is 16.2. The van der Waals surface area contributed by atoms with Crippen molar-refractivity contribution in [2.45, 2.75) is 96.8 Å². The van der Waals surface area contributed by atoms with Gasteiger partial charge >= 0.3 is 0 Å². The highest BCUT2D eigenvalue weighted by Gasteiger charge is 2.18. The zero-order valence-electron chi connectivity index (χ0n) is 15.2. The molecule has 1 heterocycles. The molecule has 2 heteroatoms. The van der Waals surface area contributed by atoms with Gasteiger partial charge in [0.05, 0.1) is 0 Å². The van der Waals surface area contributed by atoms with E-state index in [1.54, 1.807) is 0 Å². The van der Waals surface area contributed by atoms with Crippen LogP contribution >= 0.6 is 0 Å². The maximum atomic E-state index is 8.80. The number of piperidine rings is 1. The van der Waals surface area contributed by atoms with Crippen LogP contribution in [-0.4, -0.2) is 36.2 Å². The van der Waals surface area contributed by atoms with Gasteiger partial charge in [-0.15, -0.1) is 0 Å². The summed E-state index contributed by atoms with van der Waals surface area (Å²) in [6.45, 7) is 6.55. The van der Waals surface area contributed by atoms with Gasteiger partial charge in [-0.25, -0.2) is 0 Å². The smallest absolute Gasteiger partial charge is 0.0431 e. The lowest BCUT2D eigenvalue weighted by Gasteiger charge is -2.32. The van der Waals surface area contributed by atoms with Crippen molar-refractivity contribution in [1.82, 2.24) is 4.90 Å². The van der Waals surface area contributed by atoms with E-state index in [4.69, 9.17) is 5.11 Å². The highest BCUT2D eigenvalue weighted by Crippen LogP contribution is 2.23. The van der Waals surface area contributed by atoms with E-state index in [1.165, 1.54) is 103 Å². The Morgan fingerprint density at radius 2 is 1.36 bits per heavy atom. The first-order valence-corrected chi connectivity index (χ1v) is 10.2. The Balaban J connectivity index is 1.86. The van der Waals surface area contributed by atoms with Crippen molar-refractivity contribution in [1.29, 1.82) is 0 Å². The molecule has 0 aliphatic carbocycles. The fraction of sp³-hybridized carbons (Fsp3) is 1.00. The van der Waals surface area contributed by atoms with Crippen molar-refractivity contribution < 1.29 is 5.11 Å². The molecule has 0 amide bonds. The topological polar surface area (TPSA) is 23.5 Å². The summed E-state index contributed by atoms with van der Waals surface area (Å²) in [6, 6.07) is 0. The Hall–Kier alpha value is -0.0800. The highest BCUT2D eigenvalue weighted by molar-refractivity contribution is 4.72. The Morgan fingerprint density at radius 1 is 0.773 bits per heavy atom. The van der Waals surface area contributed by atoms with E-state index >= 15 is 0 Å². The Labute approximate surface area is 139 Å². The van der Waals surface area contributed by atoms with Crippen LogP contribution < -0.4 is 0 Å². The molecule has 0 spiro atoms. The molecular weight excluding hydrogens is 270 g/mol. The molecule has 1 aliphatic rings. The molecule has 22 heavy (non-hydrogen) atoms. The fourth-order valence-electron chi connectivity index (χ4n) is 3.69. The van der Waals surface area contributed by atoms with E-state index in [9.17, 15) is 0 Å². The molecule has 2 nitrogen and oxygen atoms in total. The average Bonchev–Trinajstić information content (AvgIpc) is 2.55. The molecule has 0 aromatic rings. The summed E-state index contributed by atoms with van der Waals surface area (Å²) in [5, 5.41) is 8.80. The lowest BCUT2D eigenvalue weighted by molar-refractivity contribution is 0.172.